The number of carbonyl (C=O) groups is 1. The second-order valence-electron chi connectivity index (χ2n) is 6.00. The monoisotopic (exact) mass is 375 g/mol. The van der Waals surface area contributed by atoms with E-state index in [1.54, 1.807) is 0 Å². The van der Waals surface area contributed by atoms with Crippen LogP contribution in [0.25, 0.3) is 0 Å². The Kier molecular flexibility index (Phi) is 5.83. The number of nitrogens with one attached hydrogen (secondary N) is 1. The summed E-state index contributed by atoms with van der Waals surface area (Å²) in [5.41, 5.74) is 4.11. The molecule has 4 heteroatoms. The van der Waals surface area contributed by atoms with Gasteiger partial charge in [-0.25, -0.2) is 0 Å². The van der Waals surface area contributed by atoms with Gasteiger partial charge in [0, 0.05) is 4.47 Å². The molecule has 0 radical (unpaired) electrons. The summed E-state index contributed by atoms with van der Waals surface area (Å²) in [4.78, 5) is 12.1. The first-order valence-electron chi connectivity index (χ1n) is 7.66. The Labute approximate surface area is 146 Å². The van der Waals surface area contributed by atoms with Crippen LogP contribution in [0.15, 0.2) is 40.9 Å². The second kappa shape index (κ2) is 7.64. The van der Waals surface area contributed by atoms with Crippen LogP contribution in [0.4, 0.5) is 5.69 Å². The number of benzene rings is 2. The normalized spacial score (nSPS) is 10.7. The molecular weight excluding hydrogens is 354 g/mol. The topological polar surface area (TPSA) is 38.3 Å². The highest BCUT2D eigenvalue weighted by molar-refractivity contribution is 9.10. The number of aryl methyl sites for hydroxylation is 2. The Balaban J connectivity index is 2.00. The lowest BCUT2D eigenvalue weighted by Crippen LogP contribution is -2.20. The zero-order valence-corrected chi connectivity index (χ0v) is 15.5. The van der Waals surface area contributed by atoms with Gasteiger partial charge < -0.3 is 10.1 Å². The summed E-state index contributed by atoms with van der Waals surface area (Å²) >= 11 is 3.45. The Bertz CT molecular complexity index is 711. The highest BCUT2D eigenvalue weighted by atomic mass is 79.9. The zero-order valence-electron chi connectivity index (χ0n) is 13.9. The van der Waals surface area contributed by atoms with Crippen molar-refractivity contribution >= 4 is 27.5 Å². The van der Waals surface area contributed by atoms with Gasteiger partial charge >= 0.3 is 0 Å². The molecule has 0 saturated heterocycles. The number of ether oxygens (including phenoxy) is 1. The molecule has 0 heterocycles. The number of carbonyl (C=O) groups excluding carboxylic acids is 1. The summed E-state index contributed by atoms with van der Waals surface area (Å²) in [7, 11) is 0. The predicted molar refractivity (Wildman–Crippen MR) is 98.3 cm³/mol. The first-order valence-corrected chi connectivity index (χ1v) is 8.45. The second-order valence-corrected chi connectivity index (χ2v) is 6.85. The minimum atomic E-state index is -0.177. The van der Waals surface area contributed by atoms with Crippen molar-refractivity contribution in [1.29, 1.82) is 0 Å². The number of anilines is 1. The molecule has 2 aromatic rings. The van der Waals surface area contributed by atoms with Crippen LogP contribution in [0.1, 0.15) is 36.5 Å². The van der Waals surface area contributed by atoms with E-state index >= 15 is 0 Å². The predicted octanol–water partition coefficient (Wildman–Crippen LogP) is 5.21. The molecule has 3 nitrogen and oxygen atoms in total. The van der Waals surface area contributed by atoms with Crippen molar-refractivity contribution in [3.63, 3.8) is 0 Å². The van der Waals surface area contributed by atoms with E-state index in [1.165, 1.54) is 5.56 Å². The minimum absolute atomic E-state index is 0.0112. The molecule has 0 aliphatic carbocycles. The summed E-state index contributed by atoms with van der Waals surface area (Å²) in [6.45, 7) is 8.24. The van der Waals surface area contributed by atoms with E-state index in [0.29, 0.717) is 5.92 Å². The molecule has 0 saturated carbocycles. The molecule has 0 atom stereocenters. The van der Waals surface area contributed by atoms with E-state index in [-0.39, 0.29) is 12.5 Å². The van der Waals surface area contributed by atoms with E-state index < -0.39 is 0 Å². The summed E-state index contributed by atoms with van der Waals surface area (Å²) in [6.07, 6.45) is 0. The SMILES string of the molecule is Cc1ccc(NC(=O)COc2cc(C(C)C)ccc2C)c(Br)c1. The molecule has 23 heavy (non-hydrogen) atoms. The van der Waals surface area contributed by atoms with Crippen LogP contribution in [-0.2, 0) is 4.79 Å². The van der Waals surface area contributed by atoms with E-state index in [9.17, 15) is 4.79 Å². The molecule has 2 aromatic carbocycles. The van der Waals surface area contributed by atoms with Crippen molar-refractivity contribution in [2.24, 2.45) is 0 Å². The summed E-state index contributed by atoms with van der Waals surface area (Å²) in [5, 5.41) is 2.85. The van der Waals surface area contributed by atoms with Crippen LogP contribution < -0.4 is 10.1 Å². The molecule has 1 amide bonds. The lowest BCUT2D eigenvalue weighted by atomic mass is 10.0. The van der Waals surface area contributed by atoms with Gasteiger partial charge in [0.05, 0.1) is 5.69 Å². The fourth-order valence-corrected chi connectivity index (χ4v) is 2.77. The standard InChI is InChI=1S/C19H22BrNO2/c1-12(2)15-7-6-14(4)18(10-15)23-11-19(22)21-17-8-5-13(3)9-16(17)20/h5-10,12H,11H2,1-4H3,(H,21,22). The van der Waals surface area contributed by atoms with Gasteiger partial charge in [-0.3, -0.25) is 4.79 Å². The molecule has 0 aliphatic rings. The van der Waals surface area contributed by atoms with Gasteiger partial charge in [0.1, 0.15) is 5.75 Å². The zero-order chi connectivity index (χ0) is 17.0. The van der Waals surface area contributed by atoms with Gasteiger partial charge in [-0.15, -0.1) is 0 Å². The quantitative estimate of drug-likeness (QED) is 0.778. The molecule has 0 aromatic heterocycles. The third-order valence-electron chi connectivity index (χ3n) is 3.64. The van der Waals surface area contributed by atoms with E-state index in [2.05, 4.69) is 41.2 Å². The van der Waals surface area contributed by atoms with Crippen LogP contribution in [0, 0.1) is 13.8 Å². The Morgan fingerprint density at radius 1 is 1.17 bits per heavy atom. The Hall–Kier alpha value is -1.81. The molecule has 0 spiro atoms. The van der Waals surface area contributed by atoms with Crippen LogP contribution in [0.2, 0.25) is 0 Å². The van der Waals surface area contributed by atoms with Crippen LogP contribution in [0.5, 0.6) is 5.75 Å². The van der Waals surface area contributed by atoms with E-state index in [1.807, 2.05) is 44.2 Å². The van der Waals surface area contributed by atoms with E-state index in [0.717, 1.165) is 27.0 Å². The van der Waals surface area contributed by atoms with Gasteiger partial charge in [0.2, 0.25) is 0 Å². The maximum Gasteiger partial charge on any atom is 0.262 e. The van der Waals surface area contributed by atoms with Gasteiger partial charge in [0.25, 0.3) is 5.91 Å². The minimum Gasteiger partial charge on any atom is -0.483 e. The number of hydrogen-bond acceptors (Lipinski definition) is 2. The van der Waals surface area contributed by atoms with Crippen molar-refractivity contribution < 1.29 is 9.53 Å². The Morgan fingerprint density at radius 2 is 1.91 bits per heavy atom. The van der Waals surface area contributed by atoms with Crippen LogP contribution in [-0.4, -0.2) is 12.5 Å². The summed E-state index contributed by atoms with van der Waals surface area (Å²) < 4.78 is 6.56. The third kappa shape index (κ3) is 4.83. The smallest absolute Gasteiger partial charge is 0.262 e. The number of halogens is 1. The van der Waals surface area contributed by atoms with Crippen LogP contribution >= 0.6 is 15.9 Å². The summed E-state index contributed by atoms with van der Waals surface area (Å²) in [5.74, 6) is 1.01. The fourth-order valence-electron chi connectivity index (χ4n) is 2.18. The number of rotatable bonds is 5. The van der Waals surface area contributed by atoms with Gasteiger partial charge in [0.15, 0.2) is 6.61 Å². The number of amides is 1. The molecule has 0 unspecified atom stereocenters. The molecule has 0 bridgehead atoms. The van der Waals surface area contributed by atoms with Gasteiger partial charge in [-0.2, -0.15) is 0 Å². The molecule has 1 N–H and O–H groups in total. The molecule has 122 valence electrons. The van der Waals surface area contributed by atoms with Crippen molar-refractivity contribution in [3.8, 4) is 5.75 Å². The largest absolute Gasteiger partial charge is 0.483 e. The molecule has 2 rings (SSSR count). The first kappa shape index (κ1) is 17.5. The average molecular weight is 376 g/mol. The fraction of sp³-hybridized carbons (Fsp3) is 0.316. The molecular formula is C19H22BrNO2. The third-order valence-corrected chi connectivity index (χ3v) is 4.29. The average Bonchev–Trinajstić information content (AvgIpc) is 2.49. The van der Waals surface area contributed by atoms with Crippen molar-refractivity contribution in [2.45, 2.75) is 33.6 Å². The molecule has 0 aliphatic heterocycles. The lowest BCUT2D eigenvalue weighted by molar-refractivity contribution is -0.118. The lowest BCUT2D eigenvalue weighted by Gasteiger charge is -2.13. The highest BCUT2D eigenvalue weighted by Crippen LogP contribution is 2.25. The van der Waals surface area contributed by atoms with Gasteiger partial charge in [-0.05, 0) is 70.6 Å². The highest BCUT2D eigenvalue weighted by Gasteiger charge is 2.09. The van der Waals surface area contributed by atoms with Crippen molar-refractivity contribution in [3.05, 3.63) is 57.6 Å². The summed E-state index contributed by atoms with van der Waals surface area (Å²) in [6, 6.07) is 11.9. The van der Waals surface area contributed by atoms with E-state index in [4.69, 9.17) is 4.74 Å². The van der Waals surface area contributed by atoms with Crippen LogP contribution in [0.3, 0.4) is 0 Å². The van der Waals surface area contributed by atoms with Crippen molar-refractivity contribution in [2.75, 3.05) is 11.9 Å². The number of hydrogen-bond donors (Lipinski definition) is 1. The van der Waals surface area contributed by atoms with Gasteiger partial charge in [-0.1, -0.05) is 32.0 Å². The Morgan fingerprint density at radius 3 is 2.57 bits per heavy atom. The first-order chi connectivity index (χ1) is 10.9. The molecule has 0 fully saturated rings. The maximum atomic E-state index is 12.1. The maximum absolute atomic E-state index is 12.1. The van der Waals surface area contributed by atoms with Crippen molar-refractivity contribution in [1.82, 2.24) is 0 Å².